The van der Waals surface area contributed by atoms with Gasteiger partial charge in [-0.1, -0.05) is 19.3 Å². The molecule has 2 heterocycles. The highest BCUT2D eigenvalue weighted by Crippen LogP contribution is 2.33. The van der Waals surface area contributed by atoms with Gasteiger partial charge in [-0.25, -0.2) is 0 Å². The number of nitrogens with one attached hydrogen (secondary N) is 1. The Morgan fingerprint density at radius 1 is 1.21 bits per heavy atom. The summed E-state index contributed by atoms with van der Waals surface area (Å²) in [5.74, 6) is 2.17. The number of ether oxygens (including phenoxy) is 1. The van der Waals surface area contributed by atoms with Gasteiger partial charge in [0.1, 0.15) is 5.82 Å². The zero-order valence-corrected chi connectivity index (χ0v) is 11.9. The molecule has 0 spiro atoms. The molecule has 1 aromatic rings. The van der Waals surface area contributed by atoms with Gasteiger partial charge in [0.05, 0.1) is 12.1 Å². The van der Waals surface area contributed by atoms with E-state index in [1.54, 1.807) is 7.11 Å². The fraction of sp³-hybridized carbons (Fsp3) is 0.857. The molecule has 0 aromatic carbocycles. The first-order valence-corrected chi connectivity index (χ1v) is 7.47. The van der Waals surface area contributed by atoms with Gasteiger partial charge in [0.25, 0.3) is 0 Å². The second-order valence-corrected chi connectivity index (χ2v) is 5.82. The van der Waals surface area contributed by atoms with Crippen molar-refractivity contribution in [3.63, 3.8) is 0 Å². The summed E-state index contributed by atoms with van der Waals surface area (Å²) in [5, 5.41) is 12.3. The first-order valence-electron chi connectivity index (χ1n) is 7.47. The zero-order valence-electron chi connectivity index (χ0n) is 11.9. The van der Waals surface area contributed by atoms with Crippen molar-refractivity contribution in [2.45, 2.75) is 63.6 Å². The lowest BCUT2D eigenvalue weighted by Crippen LogP contribution is -2.23. The summed E-state index contributed by atoms with van der Waals surface area (Å²) < 4.78 is 7.82. The average Bonchev–Trinajstić information content (AvgIpc) is 3.05. The van der Waals surface area contributed by atoms with E-state index in [4.69, 9.17) is 4.74 Å². The van der Waals surface area contributed by atoms with Gasteiger partial charge < -0.3 is 14.6 Å². The molecule has 1 saturated heterocycles. The van der Waals surface area contributed by atoms with E-state index in [0.29, 0.717) is 18.2 Å². The Bertz CT molecular complexity index is 425. The third-order valence-corrected chi connectivity index (χ3v) is 4.57. The van der Waals surface area contributed by atoms with Crippen molar-refractivity contribution in [3.05, 3.63) is 11.6 Å². The Balaban J connectivity index is 1.82. The SMILES string of the molecule is COC1CNC(c2nnc(C)n2C2CCCCC2)C1. The quantitative estimate of drug-likeness (QED) is 0.908. The lowest BCUT2D eigenvalue weighted by molar-refractivity contribution is 0.117. The van der Waals surface area contributed by atoms with Crippen LogP contribution in [-0.4, -0.2) is 34.5 Å². The van der Waals surface area contributed by atoms with Crippen LogP contribution in [0.4, 0.5) is 0 Å². The van der Waals surface area contributed by atoms with Crippen molar-refractivity contribution in [1.29, 1.82) is 0 Å². The van der Waals surface area contributed by atoms with Crippen LogP contribution in [0.3, 0.4) is 0 Å². The second kappa shape index (κ2) is 5.59. The van der Waals surface area contributed by atoms with Gasteiger partial charge in [-0.2, -0.15) is 0 Å². The molecule has 1 aliphatic heterocycles. The lowest BCUT2D eigenvalue weighted by Gasteiger charge is -2.26. The van der Waals surface area contributed by atoms with Crippen LogP contribution in [0.5, 0.6) is 0 Å². The van der Waals surface area contributed by atoms with E-state index in [2.05, 4.69) is 27.0 Å². The molecule has 1 N–H and O–H groups in total. The minimum Gasteiger partial charge on any atom is -0.380 e. The summed E-state index contributed by atoms with van der Waals surface area (Å²) in [7, 11) is 1.78. The van der Waals surface area contributed by atoms with Crippen LogP contribution >= 0.6 is 0 Å². The molecule has 1 saturated carbocycles. The Kier molecular flexibility index (Phi) is 3.84. The minimum absolute atomic E-state index is 0.299. The molecule has 5 heteroatoms. The fourth-order valence-corrected chi connectivity index (χ4v) is 3.49. The predicted molar refractivity (Wildman–Crippen MR) is 73.0 cm³/mol. The molecule has 2 aliphatic rings. The highest BCUT2D eigenvalue weighted by atomic mass is 16.5. The molecular formula is C14H24N4O. The average molecular weight is 264 g/mol. The molecule has 0 amide bonds. The molecule has 3 rings (SSSR count). The number of aryl methyl sites for hydroxylation is 1. The van der Waals surface area contributed by atoms with E-state index in [1.807, 2.05) is 0 Å². The van der Waals surface area contributed by atoms with Crippen LogP contribution < -0.4 is 5.32 Å². The normalized spacial score (nSPS) is 28.9. The van der Waals surface area contributed by atoms with E-state index in [0.717, 1.165) is 24.6 Å². The molecule has 5 nitrogen and oxygen atoms in total. The van der Waals surface area contributed by atoms with Gasteiger partial charge in [0, 0.05) is 19.7 Å². The molecule has 0 radical (unpaired) electrons. The molecule has 2 unspecified atom stereocenters. The van der Waals surface area contributed by atoms with Gasteiger partial charge in [0.2, 0.25) is 0 Å². The first kappa shape index (κ1) is 13.1. The summed E-state index contributed by atoms with van der Waals surface area (Å²) in [6.07, 6.45) is 7.89. The summed E-state index contributed by atoms with van der Waals surface area (Å²) in [4.78, 5) is 0. The lowest BCUT2D eigenvalue weighted by atomic mass is 9.95. The molecule has 2 fully saturated rings. The molecule has 19 heavy (non-hydrogen) atoms. The van der Waals surface area contributed by atoms with Crippen molar-refractivity contribution in [2.75, 3.05) is 13.7 Å². The Morgan fingerprint density at radius 2 is 2.00 bits per heavy atom. The van der Waals surface area contributed by atoms with E-state index in [1.165, 1.54) is 32.1 Å². The number of aromatic nitrogens is 3. The van der Waals surface area contributed by atoms with Crippen LogP contribution in [-0.2, 0) is 4.74 Å². The Hall–Kier alpha value is -0.940. The van der Waals surface area contributed by atoms with Crippen LogP contribution in [0.25, 0.3) is 0 Å². The topological polar surface area (TPSA) is 52.0 Å². The number of hydrogen-bond donors (Lipinski definition) is 1. The third kappa shape index (κ3) is 2.54. The molecule has 2 atom stereocenters. The number of methoxy groups -OCH3 is 1. The van der Waals surface area contributed by atoms with Crippen molar-refractivity contribution in [2.24, 2.45) is 0 Å². The molecule has 106 valence electrons. The van der Waals surface area contributed by atoms with Gasteiger partial charge >= 0.3 is 0 Å². The first-order chi connectivity index (χ1) is 9.29. The van der Waals surface area contributed by atoms with Gasteiger partial charge in [0.15, 0.2) is 5.82 Å². The van der Waals surface area contributed by atoms with Crippen molar-refractivity contribution >= 4 is 0 Å². The predicted octanol–water partition coefficient (Wildman–Crippen LogP) is 2.14. The second-order valence-electron chi connectivity index (χ2n) is 5.82. The number of rotatable bonds is 3. The minimum atomic E-state index is 0.299. The van der Waals surface area contributed by atoms with E-state index in [9.17, 15) is 0 Å². The van der Waals surface area contributed by atoms with Crippen LogP contribution in [0, 0.1) is 6.92 Å². The standard InChI is InChI=1S/C14H24N4O/c1-10-16-17-14(13-8-12(19-2)9-15-13)18(10)11-6-4-3-5-7-11/h11-13,15H,3-9H2,1-2H3. The maximum absolute atomic E-state index is 5.44. The van der Waals surface area contributed by atoms with E-state index in [-0.39, 0.29) is 0 Å². The highest BCUT2D eigenvalue weighted by molar-refractivity contribution is 5.06. The number of hydrogen-bond acceptors (Lipinski definition) is 4. The Morgan fingerprint density at radius 3 is 2.68 bits per heavy atom. The van der Waals surface area contributed by atoms with Gasteiger partial charge in [-0.15, -0.1) is 10.2 Å². The highest BCUT2D eigenvalue weighted by Gasteiger charge is 2.31. The molecule has 1 aromatic heterocycles. The van der Waals surface area contributed by atoms with Gasteiger partial charge in [-0.3, -0.25) is 0 Å². The van der Waals surface area contributed by atoms with E-state index < -0.39 is 0 Å². The molecule has 0 bridgehead atoms. The smallest absolute Gasteiger partial charge is 0.150 e. The van der Waals surface area contributed by atoms with Crippen molar-refractivity contribution in [1.82, 2.24) is 20.1 Å². The van der Waals surface area contributed by atoms with Crippen LogP contribution in [0.1, 0.15) is 62.3 Å². The third-order valence-electron chi connectivity index (χ3n) is 4.57. The van der Waals surface area contributed by atoms with Crippen molar-refractivity contribution < 1.29 is 4.74 Å². The maximum Gasteiger partial charge on any atom is 0.150 e. The van der Waals surface area contributed by atoms with E-state index >= 15 is 0 Å². The summed E-state index contributed by atoms with van der Waals surface area (Å²) in [6, 6.07) is 0.898. The summed E-state index contributed by atoms with van der Waals surface area (Å²) in [6.45, 7) is 2.99. The van der Waals surface area contributed by atoms with Crippen LogP contribution in [0.15, 0.2) is 0 Å². The van der Waals surface area contributed by atoms with Crippen LogP contribution in [0.2, 0.25) is 0 Å². The summed E-state index contributed by atoms with van der Waals surface area (Å²) >= 11 is 0. The maximum atomic E-state index is 5.44. The number of nitrogens with zero attached hydrogens (tertiary/aromatic N) is 3. The largest absolute Gasteiger partial charge is 0.380 e. The Labute approximate surface area is 114 Å². The zero-order chi connectivity index (χ0) is 13.2. The fourth-order valence-electron chi connectivity index (χ4n) is 3.49. The van der Waals surface area contributed by atoms with Gasteiger partial charge in [-0.05, 0) is 26.2 Å². The monoisotopic (exact) mass is 264 g/mol. The molecule has 1 aliphatic carbocycles. The molecular weight excluding hydrogens is 240 g/mol. The summed E-state index contributed by atoms with van der Waals surface area (Å²) in [5.41, 5.74) is 0. The van der Waals surface area contributed by atoms with Crippen molar-refractivity contribution in [3.8, 4) is 0 Å².